The summed E-state index contributed by atoms with van der Waals surface area (Å²) in [7, 11) is 0. The highest BCUT2D eigenvalue weighted by atomic mass is 16.5. The van der Waals surface area contributed by atoms with Crippen molar-refractivity contribution in [3.63, 3.8) is 0 Å². The van der Waals surface area contributed by atoms with Crippen LogP contribution in [0, 0.1) is 6.92 Å². The van der Waals surface area contributed by atoms with Crippen LogP contribution in [0.4, 0.5) is 0 Å². The molecule has 2 aliphatic heterocycles. The Labute approximate surface area is 146 Å². The van der Waals surface area contributed by atoms with Crippen molar-refractivity contribution in [3.05, 3.63) is 17.5 Å². The molecule has 1 aromatic heterocycles. The minimum Gasteiger partial charge on any atom is -0.386 e. The topological polar surface area (TPSA) is 105 Å². The zero-order valence-electron chi connectivity index (χ0n) is 14.9. The van der Waals surface area contributed by atoms with E-state index in [2.05, 4.69) is 10.5 Å². The number of nitrogens with zero attached hydrogens (tertiary/aromatic N) is 2. The Kier molecular flexibility index (Phi) is 4.59. The summed E-state index contributed by atoms with van der Waals surface area (Å²) in [6, 6.07) is 1.27. The lowest BCUT2D eigenvalue weighted by Crippen LogP contribution is -2.63. The number of aromatic nitrogens is 1. The molecule has 2 N–H and O–H groups in total. The van der Waals surface area contributed by atoms with E-state index in [4.69, 9.17) is 9.26 Å². The maximum atomic E-state index is 12.5. The highest BCUT2D eigenvalue weighted by molar-refractivity contribution is 5.91. The minimum absolute atomic E-state index is 0.160. The molecule has 25 heavy (non-hydrogen) atoms. The van der Waals surface area contributed by atoms with Crippen LogP contribution in [0.3, 0.4) is 0 Å². The second kappa shape index (κ2) is 6.42. The fourth-order valence-corrected chi connectivity index (χ4v) is 3.59. The fraction of sp³-hybridized carbons (Fsp3) is 0.706. The van der Waals surface area contributed by atoms with Crippen LogP contribution in [-0.4, -0.2) is 63.9 Å². The Hall–Kier alpha value is -1.93. The standard InChI is InChI=1S/C17H25N3O5/c1-11-8-13(25-19-11)15(22)20-6-4-17(5-7-20)9-14(18-12(2)21)16(3,23)10-24-17/h8,14,23H,4-7,9-10H2,1-3H3,(H,18,21)/t14-,16-/m0/s1. The first-order chi connectivity index (χ1) is 11.7. The highest BCUT2D eigenvalue weighted by Crippen LogP contribution is 2.38. The van der Waals surface area contributed by atoms with Gasteiger partial charge in [-0.1, -0.05) is 5.16 Å². The summed E-state index contributed by atoms with van der Waals surface area (Å²) in [5, 5.41) is 17.1. The first-order valence-electron chi connectivity index (χ1n) is 8.57. The van der Waals surface area contributed by atoms with Crippen molar-refractivity contribution in [3.8, 4) is 0 Å². The molecule has 1 aromatic rings. The average Bonchev–Trinajstić information content (AvgIpc) is 2.98. The molecule has 138 valence electrons. The summed E-state index contributed by atoms with van der Waals surface area (Å²) in [6.07, 6.45) is 1.83. The van der Waals surface area contributed by atoms with Gasteiger partial charge >= 0.3 is 0 Å². The van der Waals surface area contributed by atoms with E-state index in [0.717, 1.165) is 0 Å². The molecular formula is C17H25N3O5. The monoisotopic (exact) mass is 351 g/mol. The molecule has 3 heterocycles. The maximum Gasteiger partial charge on any atom is 0.292 e. The lowest BCUT2D eigenvalue weighted by molar-refractivity contribution is -0.191. The van der Waals surface area contributed by atoms with Gasteiger partial charge in [-0.3, -0.25) is 9.59 Å². The van der Waals surface area contributed by atoms with Crippen LogP contribution in [0.15, 0.2) is 10.6 Å². The summed E-state index contributed by atoms with van der Waals surface area (Å²) in [5.41, 5.74) is -0.849. The van der Waals surface area contributed by atoms with Gasteiger partial charge < -0.3 is 24.6 Å². The number of aryl methyl sites for hydroxylation is 1. The zero-order chi connectivity index (χ0) is 18.2. The number of carbonyl (C=O) groups is 2. The molecule has 0 aromatic carbocycles. The van der Waals surface area contributed by atoms with Gasteiger partial charge in [-0.2, -0.15) is 0 Å². The number of aliphatic hydroxyl groups is 1. The fourth-order valence-electron chi connectivity index (χ4n) is 3.59. The Morgan fingerprint density at radius 3 is 2.64 bits per heavy atom. The van der Waals surface area contributed by atoms with Crippen molar-refractivity contribution >= 4 is 11.8 Å². The largest absolute Gasteiger partial charge is 0.386 e. The lowest BCUT2D eigenvalue weighted by atomic mass is 9.77. The van der Waals surface area contributed by atoms with Crippen LogP contribution in [0.2, 0.25) is 0 Å². The molecular weight excluding hydrogens is 326 g/mol. The number of rotatable bonds is 2. The van der Waals surface area contributed by atoms with E-state index < -0.39 is 11.2 Å². The van der Waals surface area contributed by atoms with E-state index in [-0.39, 0.29) is 30.2 Å². The number of nitrogens with one attached hydrogen (secondary N) is 1. The molecule has 0 aliphatic carbocycles. The molecule has 8 nitrogen and oxygen atoms in total. The van der Waals surface area contributed by atoms with E-state index >= 15 is 0 Å². The minimum atomic E-state index is -1.10. The Bertz CT molecular complexity index is 661. The van der Waals surface area contributed by atoms with Crippen LogP contribution in [0.5, 0.6) is 0 Å². The third-order valence-electron chi connectivity index (χ3n) is 5.18. The van der Waals surface area contributed by atoms with Crippen LogP contribution in [0.25, 0.3) is 0 Å². The van der Waals surface area contributed by atoms with Gasteiger partial charge in [-0.05, 0) is 33.1 Å². The van der Waals surface area contributed by atoms with Crippen molar-refractivity contribution in [1.82, 2.24) is 15.4 Å². The van der Waals surface area contributed by atoms with Crippen molar-refractivity contribution in [1.29, 1.82) is 0 Å². The zero-order valence-corrected chi connectivity index (χ0v) is 14.9. The molecule has 0 unspecified atom stereocenters. The quantitative estimate of drug-likeness (QED) is 0.810. The van der Waals surface area contributed by atoms with Gasteiger partial charge in [0, 0.05) is 26.1 Å². The first kappa shape index (κ1) is 17.9. The number of piperidine rings is 1. The van der Waals surface area contributed by atoms with Crippen LogP contribution < -0.4 is 5.32 Å². The van der Waals surface area contributed by atoms with Crippen LogP contribution in [0.1, 0.15) is 49.4 Å². The number of ether oxygens (including phenoxy) is 1. The Balaban J connectivity index is 1.64. The van der Waals surface area contributed by atoms with Crippen LogP contribution in [-0.2, 0) is 9.53 Å². The number of amides is 2. The normalized spacial score (nSPS) is 28.8. The maximum absolute atomic E-state index is 12.5. The molecule has 0 bridgehead atoms. The van der Waals surface area contributed by atoms with Gasteiger partial charge in [0.1, 0.15) is 5.60 Å². The summed E-state index contributed by atoms with van der Waals surface area (Å²) in [4.78, 5) is 25.6. The molecule has 2 atom stereocenters. The lowest BCUT2D eigenvalue weighted by Gasteiger charge is -2.50. The summed E-state index contributed by atoms with van der Waals surface area (Å²) in [5.74, 6) is -0.0932. The second-order valence-corrected chi connectivity index (χ2v) is 7.41. The number of carbonyl (C=O) groups excluding carboxylic acids is 2. The molecule has 2 saturated heterocycles. The van der Waals surface area contributed by atoms with Gasteiger partial charge in [0.05, 0.1) is 23.9 Å². The number of hydrogen-bond acceptors (Lipinski definition) is 6. The van der Waals surface area contributed by atoms with Gasteiger partial charge in [0.25, 0.3) is 5.91 Å². The van der Waals surface area contributed by atoms with Gasteiger partial charge in [-0.15, -0.1) is 0 Å². The number of hydrogen-bond donors (Lipinski definition) is 2. The molecule has 3 rings (SSSR count). The average molecular weight is 351 g/mol. The molecule has 2 aliphatic rings. The molecule has 8 heteroatoms. The van der Waals surface area contributed by atoms with E-state index in [0.29, 0.717) is 38.0 Å². The molecule has 1 spiro atoms. The van der Waals surface area contributed by atoms with E-state index in [1.165, 1.54) is 6.92 Å². The van der Waals surface area contributed by atoms with E-state index in [1.54, 1.807) is 24.8 Å². The van der Waals surface area contributed by atoms with Crippen molar-refractivity contribution in [2.24, 2.45) is 0 Å². The summed E-state index contributed by atoms with van der Waals surface area (Å²) >= 11 is 0. The van der Waals surface area contributed by atoms with Gasteiger partial charge in [0.15, 0.2) is 0 Å². The SMILES string of the molecule is CC(=O)N[C@H]1CC2(CCN(C(=O)c3cc(C)no3)CC2)OC[C@]1(C)O. The third-order valence-corrected chi connectivity index (χ3v) is 5.18. The predicted molar refractivity (Wildman–Crippen MR) is 87.9 cm³/mol. The molecule has 0 radical (unpaired) electrons. The van der Waals surface area contributed by atoms with Crippen molar-refractivity contribution in [2.45, 2.75) is 57.3 Å². The molecule has 0 saturated carbocycles. The molecule has 2 amide bonds. The van der Waals surface area contributed by atoms with Crippen LogP contribution >= 0.6 is 0 Å². The van der Waals surface area contributed by atoms with Gasteiger partial charge in [0.2, 0.25) is 11.7 Å². The van der Waals surface area contributed by atoms with E-state index in [9.17, 15) is 14.7 Å². The summed E-state index contributed by atoms with van der Waals surface area (Å²) < 4.78 is 11.0. The van der Waals surface area contributed by atoms with Crippen molar-refractivity contribution < 1.29 is 24.0 Å². The van der Waals surface area contributed by atoms with E-state index in [1.807, 2.05) is 0 Å². The third kappa shape index (κ3) is 3.69. The second-order valence-electron chi connectivity index (χ2n) is 7.41. The molecule has 2 fully saturated rings. The predicted octanol–water partition coefficient (Wildman–Crippen LogP) is 0.634. The Morgan fingerprint density at radius 1 is 1.40 bits per heavy atom. The highest BCUT2D eigenvalue weighted by Gasteiger charge is 2.49. The van der Waals surface area contributed by atoms with Gasteiger partial charge in [-0.25, -0.2) is 0 Å². The smallest absolute Gasteiger partial charge is 0.292 e. The first-order valence-corrected chi connectivity index (χ1v) is 8.57. The summed E-state index contributed by atoms with van der Waals surface area (Å²) in [6.45, 7) is 6.12. The van der Waals surface area contributed by atoms with Crippen molar-refractivity contribution in [2.75, 3.05) is 19.7 Å². The number of likely N-dealkylation sites (tertiary alicyclic amines) is 1. The Morgan fingerprint density at radius 2 is 2.08 bits per heavy atom.